The summed E-state index contributed by atoms with van der Waals surface area (Å²) in [4.78, 5) is 4.58. The fourth-order valence-corrected chi connectivity index (χ4v) is 3.85. The molecule has 1 unspecified atom stereocenters. The van der Waals surface area contributed by atoms with Crippen LogP contribution in [0.3, 0.4) is 0 Å². The van der Waals surface area contributed by atoms with Gasteiger partial charge < -0.3 is 9.88 Å². The smallest absolute Gasteiger partial charge is 0.0947 e. The monoisotopic (exact) mass is 249 g/mol. The van der Waals surface area contributed by atoms with Gasteiger partial charge in [-0.25, -0.2) is 4.98 Å². The molecule has 1 heterocycles. The molecule has 2 rings (SSSR count). The molecule has 1 aliphatic carbocycles. The number of nitrogens with zero attached hydrogens (tertiary/aromatic N) is 2. The van der Waals surface area contributed by atoms with Gasteiger partial charge in [-0.3, -0.25) is 0 Å². The third-order valence-corrected chi connectivity index (χ3v) is 4.34. The van der Waals surface area contributed by atoms with E-state index in [4.69, 9.17) is 0 Å². The second-order valence-electron chi connectivity index (χ2n) is 6.35. The Labute approximate surface area is 111 Å². The van der Waals surface area contributed by atoms with Crippen molar-refractivity contribution in [2.75, 3.05) is 7.05 Å². The zero-order valence-corrected chi connectivity index (χ0v) is 12.2. The molecule has 0 saturated heterocycles. The molecule has 1 atom stereocenters. The third kappa shape index (κ3) is 2.61. The molecule has 0 aromatic carbocycles. The standard InChI is InChI=1S/C15H27N3/c1-12(2)9-15(7-5-6-8-15)14(16-3)13-10-18(4)11-17-13/h10-12,14,16H,5-9H2,1-4H3. The first-order valence-electron chi connectivity index (χ1n) is 7.22. The number of imidazole rings is 1. The molecule has 102 valence electrons. The van der Waals surface area contributed by atoms with Crippen molar-refractivity contribution in [1.82, 2.24) is 14.9 Å². The largest absolute Gasteiger partial charge is 0.340 e. The van der Waals surface area contributed by atoms with Crippen molar-refractivity contribution in [1.29, 1.82) is 0 Å². The maximum Gasteiger partial charge on any atom is 0.0947 e. The van der Waals surface area contributed by atoms with Gasteiger partial charge in [-0.15, -0.1) is 0 Å². The van der Waals surface area contributed by atoms with Crippen LogP contribution in [0, 0.1) is 11.3 Å². The van der Waals surface area contributed by atoms with Crippen LogP contribution in [0.2, 0.25) is 0 Å². The lowest BCUT2D eigenvalue weighted by Crippen LogP contribution is -2.36. The van der Waals surface area contributed by atoms with Crippen LogP contribution >= 0.6 is 0 Å². The molecule has 1 fully saturated rings. The van der Waals surface area contributed by atoms with Crippen molar-refractivity contribution in [3.8, 4) is 0 Å². The predicted molar refractivity (Wildman–Crippen MR) is 75.4 cm³/mol. The van der Waals surface area contributed by atoms with E-state index in [0.29, 0.717) is 11.5 Å². The highest BCUT2D eigenvalue weighted by Crippen LogP contribution is 2.51. The summed E-state index contributed by atoms with van der Waals surface area (Å²) in [5.41, 5.74) is 1.62. The molecule has 1 aromatic rings. The van der Waals surface area contributed by atoms with Gasteiger partial charge in [0, 0.05) is 13.2 Å². The van der Waals surface area contributed by atoms with Crippen molar-refractivity contribution in [3.63, 3.8) is 0 Å². The Bertz CT molecular complexity index is 375. The molecule has 3 heteroatoms. The summed E-state index contributed by atoms with van der Waals surface area (Å²) in [5.74, 6) is 0.752. The van der Waals surface area contributed by atoms with Crippen LogP contribution in [0.1, 0.15) is 57.7 Å². The Hall–Kier alpha value is -0.830. The molecule has 1 aliphatic rings. The minimum absolute atomic E-state index is 0.406. The van der Waals surface area contributed by atoms with Crippen molar-refractivity contribution in [2.24, 2.45) is 18.4 Å². The molecule has 0 bridgehead atoms. The first-order valence-corrected chi connectivity index (χ1v) is 7.22. The molecule has 18 heavy (non-hydrogen) atoms. The number of aryl methyl sites for hydroxylation is 1. The highest BCUT2D eigenvalue weighted by molar-refractivity contribution is 5.11. The Morgan fingerprint density at radius 3 is 2.50 bits per heavy atom. The van der Waals surface area contributed by atoms with Crippen LogP contribution in [0.25, 0.3) is 0 Å². The third-order valence-electron chi connectivity index (χ3n) is 4.34. The summed E-state index contributed by atoms with van der Waals surface area (Å²) in [6.07, 6.45) is 10.8. The Morgan fingerprint density at radius 1 is 1.39 bits per heavy atom. The van der Waals surface area contributed by atoms with Gasteiger partial charge in [-0.05, 0) is 37.6 Å². The number of aromatic nitrogens is 2. The van der Waals surface area contributed by atoms with Crippen LogP contribution in [-0.4, -0.2) is 16.6 Å². The van der Waals surface area contributed by atoms with Gasteiger partial charge in [-0.1, -0.05) is 26.7 Å². The molecule has 1 saturated carbocycles. The van der Waals surface area contributed by atoms with E-state index in [1.54, 1.807) is 0 Å². The quantitative estimate of drug-likeness (QED) is 0.868. The highest BCUT2D eigenvalue weighted by atomic mass is 15.0. The molecule has 0 amide bonds. The topological polar surface area (TPSA) is 29.9 Å². The lowest BCUT2D eigenvalue weighted by Gasteiger charge is -2.38. The van der Waals surface area contributed by atoms with Crippen molar-refractivity contribution in [2.45, 2.75) is 52.0 Å². The molecular formula is C15H27N3. The second kappa shape index (κ2) is 5.43. The summed E-state index contributed by atoms with van der Waals surface area (Å²) >= 11 is 0. The van der Waals surface area contributed by atoms with Gasteiger partial charge in [-0.2, -0.15) is 0 Å². The Kier molecular flexibility index (Phi) is 4.10. The SMILES string of the molecule is CNC(c1cn(C)cn1)C1(CC(C)C)CCCC1. The molecule has 0 aliphatic heterocycles. The van der Waals surface area contributed by atoms with E-state index in [9.17, 15) is 0 Å². The number of hydrogen-bond acceptors (Lipinski definition) is 2. The molecule has 1 aromatic heterocycles. The van der Waals surface area contributed by atoms with E-state index < -0.39 is 0 Å². The van der Waals surface area contributed by atoms with Crippen LogP contribution in [0.4, 0.5) is 0 Å². The zero-order chi connectivity index (χ0) is 13.2. The normalized spacial score (nSPS) is 20.5. The van der Waals surface area contributed by atoms with Gasteiger partial charge in [0.25, 0.3) is 0 Å². The Morgan fingerprint density at radius 2 is 2.06 bits per heavy atom. The molecule has 0 radical (unpaired) electrons. The van der Waals surface area contributed by atoms with E-state index in [1.165, 1.54) is 37.8 Å². The predicted octanol–water partition coefficient (Wildman–Crippen LogP) is 3.29. The van der Waals surface area contributed by atoms with Crippen LogP contribution < -0.4 is 5.32 Å². The minimum Gasteiger partial charge on any atom is -0.340 e. The Balaban J connectivity index is 2.27. The fraction of sp³-hybridized carbons (Fsp3) is 0.800. The molecule has 0 spiro atoms. The average molecular weight is 249 g/mol. The minimum atomic E-state index is 0.406. The molecule has 3 nitrogen and oxygen atoms in total. The van der Waals surface area contributed by atoms with Gasteiger partial charge >= 0.3 is 0 Å². The van der Waals surface area contributed by atoms with E-state index >= 15 is 0 Å². The van der Waals surface area contributed by atoms with Crippen molar-refractivity contribution >= 4 is 0 Å². The summed E-state index contributed by atoms with van der Waals surface area (Å²) in [6, 6.07) is 0.406. The van der Waals surface area contributed by atoms with Crippen LogP contribution in [0.5, 0.6) is 0 Å². The van der Waals surface area contributed by atoms with E-state index in [1.807, 2.05) is 13.4 Å². The van der Waals surface area contributed by atoms with Gasteiger partial charge in [0.15, 0.2) is 0 Å². The number of hydrogen-bond donors (Lipinski definition) is 1. The zero-order valence-electron chi connectivity index (χ0n) is 12.2. The second-order valence-corrected chi connectivity index (χ2v) is 6.35. The van der Waals surface area contributed by atoms with E-state index in [-0.39, 0.29) is 0 Å². The van der Waals surface area contributed by atoms with E-state index in [0.717, 1.165) is 5.92 Å². The van der Waals surface area contributed by atoms with Crippen molar-refractivity contribution in [3.05, 3.63) is 18.2 Å². The first-order chi connectivity index (χ1) is 8.57. The summed E-state index contributed by atoms with van der Waals surface area (Å²) in [5, 5.41) is 3.54. The van der Waals surface area contributed by atoms with Crippen LogP contribution in [0.15, 0.2) is 12.5 Å². The number of nitrogens with one attached hydrogen (secondary N) is 1. The maximum absolute atomic E-state index is 4.58. The summed E-state index contributed by atoms with van der Waals surface area (Å²) < 4.78 is 2.05. The first kappa shape index (κ1) is 13.6. The average Bonchev–Trinajstić information content (AvgIpc) is 2.89. The van der Waals surface area contributed by atoms with Gasteiger partial charge in [0.05, 0.1) is 18.1 Å². The number of rotatable bonds is 5. The van der Waals surface area contributed by atoms with Crippen LogP contribution in [-0.2, 0) is 7.05 Å². The molecule has 1 N–H and O–H groups in total. The van der Waals surface area contributed by atoms with E-state index in [2.05, 4.69) is 42.0 Å². The molecular weight excluding hydrogens is 222 g/mol. The maximum atomic E-state index is 4.58. The van der Waals surface area contributed by atoms with Gasteiger partial charge in [0.2, 0.25) is 0 Å². The summed E-state index contributed by atoms with van der Waals surface area (Å²) in [6.45, 7) is 4.68. The van der Waals surface area contributed by atoms with Gasteiger partial charge in [0.1, 0.15) is 0 Å². The highest BCUT2D eigenvalue weighted by Gasteiger charge is 2.42. The fourth-order valence-electron chi connectivity index (χ4n) is 3.85. The van der Waals surface area contributed by atoms with Crippen molar-refractivity contribution < 1.29 is 0 Å². The lowest BCUT2D eigenvalue weighted by molar-refractivity contribution is 0.159. The summed E-state index contributed by atoms with van der Waals surface area (Å²) in [7, 11) is 4.13. The lowest BCUT2D eigenvalue weighted by atomic mass is 9.71.